The lowest BCUT2D eigenvalue weighted by molar-refractivity contribution is 0.371. The van der Waals surface area contributed by atoms with Crippen LogP contribution in [-0.2, 0) is 6.54 Å². The maximum absolute atomic E-state index is 8.57. The summed E-state index contributed by atoms with van der Waals surface area (Å²) in [5, 5.41) is 3.82. The minimum atomic E-state index is -3.36. The van der Waals surface area contributed by atoms with Gasteiger partial charge in [-0.05, 0) is 6.07 Å². The van der Waals surface area contributed by atoms with Gasteiger partial charge in [0.15, 0.2) is 0 Å². The van der Waals surface area contributed by atoms with Crippen molar-refractivity contribution >= 4 is 10.9 Å². The number of rotatable bonds is 3. The van der Waals surface area contributed by atoms with E-state index < -0.39 is 10.9 Å². The van der Waals surface area contributed by atoms with E-state index in [1.54, 1.807) is 18.5 Å². The molecule has 0 aliphatic carbocycles. The fraction of sp³-hybridized carbons (Fsp3) is 0.571. The zero-order valence-corrected chi connectivity index (χ0v) is 8.61. The van der Waals surface area contributed by atoms with E-state index in [2.05, 4.69) is 5.10 Å². The summed E-state index contributed by atoms with van der Waals surface area (Å²) in [6, 6.07) is 1.73. The summed E-state index contributed by atoms with van der Waals surface area (Å²) < 4.78 is 27.2. The highest BCUT2D eigenvalue weighted by atomic mass is 32.3. The molecular weight excluding hydrogens is 192 g/mol. The predicted octanol–water partition coefficient (Wildman–Crippen LogP) is 2.13. The van der Waals surface area contributed by atoms with Crippen LogP contribution in [0.1, 0.15) is 13.8 Å². The highest BCUT2D eigenvalue weighted by molar-refractivity contribution is 8.19. The van der Waals surface area contributed by atoms with Gasteiger partial charge in [0.25, 0.3) is 0 Å². The quantitative estimate of drug-likeness (QED) is 0.711. The highest BCUT2D eigenvalue weighted by Crippen LogP contribution is 2.31. The number of nitrogens with zero attached hydrogens (tertiary/aromatic N) is 2. The van der Waals surface area contributed by atoms with Gasteiger partial charge >= 0.3 is 0 Å². The Bertz CT molecular complexity index is 208. The summed E-state index contributed by atoms with van der Waals surface area (Å²) in [6.45, 7) is 4.31. The van der Waals surface area contributed by atoms with Crippen LogP contribution in [0.4, 0.5) is 0 Å². The first-order valence-electron chi connectivity index (χ1n) is 4.04. The van der Waals surface area contributed by atoms with Gasteiger partial charge < -0.3 is 13.7 Å². The molecule has 0 fully saturated rings. The van der Waals surface area contributed by atoms with Crippen LogP contribution in [0.3, 0.4) is 0 Å². The second-order valence-electron chi connectivity index (χ2n) is 2.11. The van der Waals surface area contributed by atoms with Gasteiger partial charge in [0.2, 0.25) is 0 Å². The molecule has 0 atom stereocenters. The lowest BCUT2D eigenvalue weighted by Gasteiger charge is -2.18. The van der Waals surface area contributed by atoms with Gasteiger partial charge in [0.1, 0.15) is 0 Å². The molecule has 0 amide bonds. The first-order chi connectivity index (χ1) is 6.08. The van der Waals surface area contributed by atoms with Crippen LogP contribution >= 0.6 is 10.9 Å². The third-order valence-corrected chi connectivity index (χ3v) is 1.88. The molecule has 78 valence electrons. The number of hydrogen-bond acceptors (Lipinski definition) is 4. The molecular formula is C7H16N2O3S. The Morgan fingerprint density at radius 2 is 1.92 bits per heavy atom. The molecule has 1 aromatic rings. The first-order valence-corrected chi connectivity index (χ1v) is 5.71. The summed E-state index contributed by atoms with van der Waals surface area (Å²) >= 11 is 0. The molecule has 1 heterocycles. The average Bonchev–Trinajstić information content (AvgIpc) is 2.55. The zero-order chi connectivity index (χ0) is 10.3. The summed E-state index contributed by atoms with van der Waals surface area (Å²) in [5.41, 5.74) is 0. The topological polar surface area (TPSA) is 78.5 Å². The Morgan fingerprint density at radius 1 is 1.31 bits per heavy atom. The van der Waals surface area contributed by atoms with Crippen LogP contribution in [0.25, 0.3) is 0 Å². The Balaban J connectivity index is 0.000000671. The van der Waals surface area contributed by atoms with Gasteiger partial charge in [-0.3, -0.25) is 4.68 Å². The third kappa shape index (κ3) is 6.59. The fourth-order valence-electron chi connectivity index (χ4n) is 0.649. The minimum absolute atomic E-state index is 0.0747. The maximum atomic E-state index is 8.57. The van der Waals surface area contributed by atoms with E-state index in [0.717, 1.165) is 0 Å². The van der Waals surface area contributed by atoms with E-state index >= 15 is 0 Å². The van der Waals surface area contributed by atoms with Crippen molar-refractivity contribution in [3.8, 4) is 0 Å². The fourth-order valence-corrected chi connectivity index (χ4v) is 1.08. The van der Waals surface area contributed by atoms with Crippen molar-refractivity contribution in [2.45, 2.75) is 20.4 Å². The minimum Gasteiger partial charge on any atom is -0.308 e. The summed E-state index contributed by atoms with van der Waals surface area (Å²) in [5.74, 6) is -0.0747. The van der Waals surface area contributed by atoms with Crippen molar-refractivity contribution < 1.29 is 13.7 Å². The molecule has 3 N–H and O–H groups in total. The number of hydrogen-bond donors (Lipinski definition) is 3. The summed E-state index contributed by atoms with van der Waals surface area (Å²) in [7, 11) is -3.36. The molecule has 6 heteroatoms. The van der Waals surface area contributed by atoms with Crippen molar-refractivity contribution in [2.75, 3.05) is 5.75 Å². The smallest absolute Gasteiger partial charge is 0.0828 e. The Morgan fingerprint density at radius 3 is 2.31 bits per heavy atom. The molecule has 13 heavy (non-hydrogen) atoms. The highest BCUT2D eigenvalue weighted by Gasteiger charge is 2.10. The molecule has 1 rings (SSSR count). The van der Waals surface area contributed by atoms with Crippen LogP contribution in [-0.4, -0.2) is 29.2 Å². The first kappa shape index (κ1) is 12.4. The van der Waals surface area contributed by atoms with Gasteiger partial charge in [-0.15, -0.1) is 0 Å². The van der Waals surface area contributed by atoms with Crippen LogP contribution in [0.15, 0.2) is 18.5 Å². The van der Waals surface area contributed by atoms with Crippen LogP contribution in [0.2, 0.25) is 0 Å². The molecule has 0 aliphatic heterocycles. The van der Waals surface area contributed by atoms with E-state index in [4.69, 9.17) is 13.7 Å². The standard InChI is InChI=1S/C5H10N2O3S.C2H6/c8-11(9,10)5-4-7-3-1-2-6-7;1-2/h1-3,8-10H,4-5H2;1-2H3. The Kier molecular flexibility index (Phi) is 5.72. The second kappa shape index (κ2) is 5.98. The number of aryl methyl sites for hydroxylation is 1. The van der Waals surface area contributed by atoms with E-state index in [9.17, 15) is 0 Å². The summed E-state index contributed by atoms with van der Waals surface area (Å²) in [6.07, 6.45) is 3.27. The molecule has 0 saturated heterocycles. The van der Waals surface area contributed by atoms with Crippen molar-refractivity contribution in [3.05, 3.63) is 18.5 Å². The largest absolute Gasteiger partial charge is 0.308 e. The molecule has 0 aliphatic rings. The summed E-state index contributed by atoms with van der Waals surface area (Å²) in [4.78, 5) is 0. The third-order valence-electron chi connectivity index (χ3n) is 1.15. The van der Waals surface area contributed by atoms with E-state index in [1.807, 2.05) is 13.8 Å². The molecule has 0 aromatic carbocycles. The normalized spacial score (nSPS) is 11.8. The maximum Gasteiger partial charge on any atom is 0.0828 e. The zero-order valence-electron chi connectivity index (χ0n) is 7.79. The average molecular weight is 208 g/mol. The SMILES string of the molecule is CC.OS(O)(O)CCn1cccn1. The van der Waals surface area contributed by atoms with E-state index in [-0.39, 0.29) is 5.75 Å². The molecule has 0 unspecified atom stereocenters. The van der Waals surface area contributed by atoms with Gasteiger partial charge in [0.05, 0.1) is 23.2 Å². The molecule has 0 spiro atoms. The molecule has 0 saturated carbocycles. The van der Waals surface area contributed by atoms with Gasteiger partial charge in [0, 0.05) is 12.4 Å². The van der Waals surface area contributed by atoms with Gasteiger partial charge in [-0.1, -0.05) is 13.8 Å². The molecule has 5 nitrogen and oxygen atoms in total. The van der Waals surface area contributed by atoms with Gasteiger partial charge in [-0.25, -0.2) is 0 Å². The molecule has 1 aromatic heterocycles. The predicted molar refractivity (Wildman–Crippen MR) is 53.9 cm³/mol. The lowest BCUT2D eigenvalue weighted by Crippen LogP contribution is -2.09. The monoisotopic (exact) mass is 208 g/mol. The lowest BCUT2D eigenvalue weighted by atomic mass is 10.7. The van der Waals surface area contributed by atoms with E-state index in [1.165, 1.54) is 4.68 Å². The van der Waals surface area contributed by atoms with Crippen molar-refractivity contribution in [1.82, 2.24) is 9.78 Å². The van der Waals surface area contributed by atoms with E-state index in [0.29, 0.717) is 6.54 Å². The van der Waals surface area contributed by atoms with Gasteiger partial charge in [-0.2, -0.15) is 5.10 Å². The Labute approximate surface area is 79.6 Å². The van der Waals surface area contributed by atoms with Crippen LogP contribution in [0, 0.1) is 0 Å². The Hall–Kier alpha value is -0.560. The van der Waals surface area contributed by atoms with Crippen molar-refractivity contribution in [2.24, 2.45) is 0 Å². The second-order valence-corrected chi connectivity index (χ2v) is 3.78. The van der Waals surface area contributed by atoms with Crippen LogP contribution < -0.4 is 0 Å². The molecule has 0 radical (unpaired) electrons. The van der Waals surface area contributed by atoms with Crippen molar-refractivity contribution in [3.63, 3.8) is 0 Å². The van der Waals surface area contributed by atoms with Crippen molar-refractivity contribution in [1.29, 1.82) is 0 Å². The van der Waals surface area contributed by atoms with Crippen LogP contribution in [0.5, 0.6) is 0 Å². The molecule has 0 bridgehead atoms. The number of aromatic nitrogens is 2.